The molecule has 0 amide bonds. The fraction of sp³-hybridized carbons (Fsp3) is 0.278. The van der Waals surface area contributed by atoms with Crippen molar-refractivity contribution in [2.24, 2.45) is 0 Å². The lowest BCUT2D eigenvalue weighted by atomic mass is 9.93. The van der Waals surface area contributed by atoms with E-state index in [2.05, 4.69) is 0 Å². The van der Waals surface area contributed by atoms with Crippen molar-refractivity contribution in [3.8, 4) is 16.9 Å². The van der Waals surface area contributed by atoms with Crippen LogP contribution in [0.4, 0.5) is 4.39 Å². The second-order valence-electron chi connectivity index (χ2n) is 5.44. The van der Waals surface area contributed by atoms with Gasteiger partial charge in [0, 0.05) is 11.1 Å². The topological polar surface area (TPSA) is 46.5 Å². The number of rotatable bonds is 5. The predicted octanol–water partition coefficient (Wildman–Crippen LogP) is 4.39. The Kier molecular flexibility index (Phi) is 4.81. The lowest BCUT2D eigenvalue weighted by molar-refractivity contribution is -0.137. The fourth-order valence-electron chi connectivity index (χ4n) is 2.47. The summed E-state index contributed by atoms with van der Waals surface area (Å²) in [4.78, 5) is 10.9. The van der Waals surface area contributed by atoms with Crippen LogP contribution in [0.25, 0.3) is 11.1 Å². The third-order valence-electron chi connectivity index (χ3n) is 3.69. The highest BCUT2D eigenvalue weighted by Crippen LogP contribution is 2.34. The molecule has 0 aliphatic rings. The van der Waals surface area contributed by atoms with Crippen LogP contribution in [-0.4, -0.2) is 18.2 Å². The smallest absolute Gasteiger partial charge is 0.303 e. The van der Waals surface area contributed by atoms with Gasteiger partial charge in [-0.3, -0.25) is 4.79 Å². The summed E-state index contributed by atoms with van der Waals surface area (Å²) >= 11 is 0. The molecule has 3 nitrogen and oxygen atoms in total. The van der Waals surface area contributed by atoms with Crippen molar-refractivity contribution < 1.29 is 19.0 Å². The highest BCUT2D eigenvalue weighted by Gasteiger charge is 2.16. The number of aliphatic carboxylic acids is 1. The number of carboxylic acid groups (broad SMARTS) is 1. The Morgan fingerprint density at radius 1 is 1.23 bits per heavy atom. The Morgan fingerprint density at radius 2 is 1.95 bits per heavy atom. The van der Waals surface area contributed by atoms with Crippen LogP contribution in [-0.2, 0) is 4.79 Å². The zero-order chi connectivity index (χ0) is 16.3. The summed E-state index contributed by atoms with van der Waals surface area (Å²) in [5.74, 6) is -0.818. The van der Waals surface area contributed by atoms with E-state index >= 15 is 0 Å². The number of halogens is 1. The lowest BCUT2D eigenvalue weighted by Gasteiger charge is -2.14. The van der Waals surface area contributed by atoms with Gasteiger partial charge in [-0.25, -0.2) is 4.39 Å². The van der Waals surface area contributed by atoms with E-state index in [1.807, 2.05) is 26.0 Å². The molecule has 0 aliphatic carbocycles. The number of ether oxygens (including phenoxy) is 1. The average molecular weight is 302 g/mol. The molecule has 0 radical (unpaired) electrons. The molecule has 0 heterocycles. The molecule has 0 bridgehead atoms. The first kappa shape index (κ1) is 16.0. The summed E-state index contributed by atoms with van der Waals surface area (Å²) in [6, 6.07) is 10.3. The van der Waals surface area contributed by atoms with Crippen LogP contribution in [0, 0.1) is 12.7 Å². The van der Waals surface area contributed by atoms with E-state index < -0.39 is 5.97 Å². The molecule has 2 aromatic rings. The number of carbonyl (C=O) groups is 1. The Morgan fingerprint density at radius 3 is 2.59 bits per heavy atom. The summed E-state index contributed by atoms with van der Waals surface area (Å²) < 4.78 is 19.6. The zero-order valence-corrected chi connectivity index (χ0v) is 12.9. The molecule has 116 valence electrons. The van der Waals surface area contributed by atoms with Crippen molar-refractivity contribution in [2.75, 3.05) is 7.11 Å². The molecular formula is C18H19FO3. The third-order valence-corrected chi connectivity index (χ3v) is 3.69. The Labute approximate surface area is 129 Å². The monoisotopic (exact) mass is 302 g/mol. The van der Waals surface area contributed by atoms with Gasteiger partial charge in [-0.15, -0.1) is 0 Å². The average Bonchev–Trinajstić information content (AvgIpc) is 2.47. The normalized spacial score (nSPS) is 12.0. The van der Waals surface area contributed by atoms with Crippen molar-refractivity contribution in [1.29, 1.82) is 0 Å². The minimum atomic E-state index is -0.869. The minimum absolute atomic E-state index is 0.00995. The van der Waals surface area contributed by atoms with Gasteiger partial charge in [0.05, 0.1) is 13.5 Å². The number of methoxy groups -OCH3 is 1. The second kappa shape index (κ2) is 6.60. The van der Waals surface area contributed by atoms with Gasteiger partial charge < -0.3 is 9.84 Å². The summed E-state index contributed by atoms with van der Waals surface area (Å²) in [5, 5.41) is 8.91. The van der Waals surface area contributed by atoms with E-state index in [1.54, 1.807) is 25.3 Å². The molecule has 4 heteroatoms. The molecular weight excluding hydrogens is 283 g/mol. The zero-order valence-electron chi connectivity index (χ0n) is 12.9. The van der Waals surface area contributed by atoms with Crippen LogP contribution < -0.4 is 4.74 Å². The van der Waals surface area contributed by atoms with Gasteiger partial charge in [-0.05, 0) is 42.7 Å². The maximum Gasteiger partial charge on any atom is 0.303 e. The predicted molar refractivity (Wildman–Crippen MR) is 83.8 cm³/mol. The first-order valence-corrected chi connectivity index (χ1v) is 7.08. The molecule has 2 rings (SSSR count). The fourth-order valence-corrected chi connectivity index (χ4v) is 2.47. The number of hydrogen-bond donors (Lipinski definition) is 1. The van der Waals surface area contributed by atoms with Gasteiger partial charge in [0.2, 0.25) is 0 Å². The van der Waals surface area contributed by atoms with Crippen LogP contribution in [0.1, 0.15) is 30.4 Å². The molecule has 0 saturated heterocycles. The van der Waals surface area contributed by atoms with Crippen molar-refractivity contribution in [3.05, 3.63) is 53.3 Å². The molecule has 22 heavy (non-hydrogen) atoms. The van der Waals surface area contributed by atoms with E-state index in [4.69, 9.17) is 9.84 Å². The number of carboxylic acids is 1. The van der Waals surface area contributed by atoms with Gasteiger partial charge >= 0.3 is 5.97 Å². The molecule has 1 atom stereocenters. The highest BCUT2D eigenvalue weighted by molar-refractivity contribution is 5.73. The summed E-state index contributed by atoms with van der Waals surface area (Å²) in [5.41, 5.74) is 2.89. The third kappa shape index (κ3) is 3.45. The molecule has 0 spiro atoms. The van der Waals surface area contributed by atoms with Crippen LogP contribution in [0.2, 0.25) is 0 Å². The first-order chi connectivity index (χ1) is 10.4. The maximum absolute atomic E-state index is 14.3. The Balaban J connectivity index is 2.51. The van der Waals surface area contributed by atoms with E-state index in [9.17, 15) is 9.18 Å². The maximum atomic E-state index is 14.3. The van der Waals surface area contributed by atoms with Crippen LogP contribution in [0.5, 0.6) is 5.75 Å². The van der Waals surface area contributed by atoms with Crippen molar-refractivity contribution in [2.45, 2.75) is 26.2 Å². The molecule has 0 aliphatic heterocycles. The molecule has 0 fully saturated rings. The standard InChI is InChI=1S/C18H19FO3/c1-11-4-7-17(22-3)15(8-11)14-10-13(5-6-16(14)19)12(2)9-18(20)21/h4-8,10,12H,9H2,1-3H3,(H,20,21). The van der Waals surface area contributed by atoms with E-state index in [1.165, 1.54) is 6.07 Å². The molecule has 0 aromatic heterocycles. The van der Waals surface area contributed by atoms with Crippen molar-refractivity contribution in [1.82, 2.24) is 0 Å². The SMILES string of the molecule is COc1ccc(C)cc1-c1cc(C(C)CC(=O)O)ccc1F. The summed E-state index contributed by atoms with van der Waals surface area (Å²) in [6.07, 6.45) is 0.00995. The van der Waals surface area contributed by atoms with E-state index in [0.717, 1.165) is 11.1 Å². The van der Waals surface area contributed by atoms with Crippen molar-refractivity contribution >= 4 is 5.97 Å². The number of hydrogen-bond acceptors (Lipinski definition) is 2. The van der Waals surface area contributed by atoms with Gasteiger partial charge in [0.15, 0.2) is 0 Å². The Hall–Kier alpha value is -2.36. The van der Waals surface area contributed by atoms with E-state index in [0.29, 0.717) is 16.9 Å². The second-order valence-corrected chi connectivity index (χ2v) is 5.44. The largest absolute Gasteiger partial charge is 0.496 e. The molecule has 2 aromatic carbocycles. The molecule has 0 saturated carbocycles. The minimum Gasteiger partial charge on any atom is -0.496 e. The van der Waals surface area contributed by atoms with Gasteiger partial charge in [-0.1, -0.05) is 24.6 Å². The van der Waals surface area contributed by atoms with Crippen LogP contribution >= 0.6 is 0 Å². The van der Waals surface area contributed by atoms with Gasteiger partial charge in [0.1, 0.15) is 11.6 Å². The number of benzene rings is 2. The van der Waals surface area contributed by atoms with Gasteiger partial charge in [0.25, 0.3) is 0 Å². The van der Waals surface area contributed by atoms with Crippen LogP contribution in [0.15, 0.2) is 36.4 Å². The van der Waals surface area contributed by atoms with Crippen LogP contribution in [0.3, 0.4) is 0 Å². The molecule has 1 unspecified atom stereocenters. The lowest BCUT2D eigenvalue weighted by Crippen LogP contribution is -2.03. The first-order valence-electron chi connectivity index (χ1n) is 7.08. The quantitative estimate of drug-likeness (QED) is 0.891. The van der Waals surface area contributed by atoms with E-state index in [-0.39, 0.29) is 18.2 Å². The Bertz CT molecular complexity index is 695. The van der Waals surface area contributed by atoms with Crippen molar-refractivity contribution in [3.63, 3.8) is 0 Å². The summed E-state index contributed by atoms with van der Waals surface area (Å²) in [6.45, 7) is 3.75. The molecule has 1 N–H and O–H groups in total. The summed E-state index contributed by atoms with van der Waals surface area (Å²) in [7, 11) is 1.54. The highest BCUT2D eigenvalue weighted by atomic mass is 19.1. The number of aryl methyl sites for hydroxylation is 1. The van der Waals surface area contributed by atoms with Gasteiger partial charge in [-0.2, -0.15) is 0 Å².